The summed E-state index contributed by atoms with van der Waals surface area (Å²) in [5.41, 5.74) is 8.33. The number of thiophene rings is 1. The Morgan fingerprint density at radius 2 is 1.93 bits per heavy atom. The van der Waals surface area contributed by atoms with E-state index >= 15 is 0 Å². The van der Waals surface area contributed by atoms with Gasteiger partial charge in [0.1, 0.15) is 10.3 Å². The van der Waals surface area contributed by atoms with Gasteiger partial charge < -0.3 is 5.73 Å². The Labute approximate surface area is 88.0 Å². The highest BCUT2D eigenvalue weighted by molar-refractivity contribution is 7.19. The first-order chi connectivity index (χ1) is 6.68. The van der Waals surface area contributed by atoms with Crippen LogP contribution in [-0.4, -0.2) is 9.97 Å². The van der Waals surface area contributed by atoms with E-state index in [0.29, 0.717) is 0 Å². The topological polar surface area (TPSA) is 51.8 Å². The van der Waals surface area contributed by atoms with E-state index in [1.807, 2.05) is 27.7 Å². The highest BCUT2D eigenvalue weighted by Gasteiger charge is 2.07. The molecule has 2 N–H and O–H groups in total. The molecule has 0 atom stereocenters. The number of nitrogen functional groups attached to an aromatic ring is 1. The molecular weight excluding hydrogens is 194 g/mol. The number of fused-ring (bicyclic) bond motifs is 1. The Morgan fingerprint density at radius 1 is 1.29 bits per heavy atom. The van der Waals surface area contributed by atoms with Crippen LogP contribution in [0.2, 0.25) is 0 Å². The van der Waals surface area contributed by atoms with Gasteiger partial charge in [0.05, 0.1) is 11.4 Å². The molecule has 3 nitrogen and oxygen atoms in total. The molecule has 0 fully saturated rings. The van der Waals surface area contributed by atoms with E-state index in [1.165, 1.54) is 0 Å². The normalized spacial score (nSPS) is 9.71. The summed E-state index contributed by atoms with van der Waals surface area (Å²) in [7, 11) is 0. The van der Waals surface area contributed by atoms with Crippen molar-refractivity contribution in [2.24, 2.45) is 0 Å². The van der Waals surface area contributed by atoms with Crippen molar-refractivity contribution in [2.75, 3.05) is 5.73 Å². The van der Waals surface area contributed by atoms with Crippen molar-refractivity contribution < 1.29 is 0 Å². The van der Waals surface area contributed by atoms with Gasteiger partial charge in [0, 0.05) is 11.1 Å². The zero-order valence-electron chi connectivity index (χ0n) is 8.96. The number of nitrogens with two attached hydrogens (primary N) is 1. The summed E-state index contributed by atoms with van der Waals surface area (Å²) in [5.74, 6) is 0. The van der Waals surface area contributed by atoms with Gasteiger partial charge in [0.15, 0.2) is 0 Å². The zero-order valence-corrected chi connectivity index (χ0v) is 9.77. The molecule has 76 valence electrons. The van der Waals surface area contributed by atoms with Crippen LogP contribution in [-0.2, 0) is 0 Å². The van der Waals surface area contributed by atoms with Crippen LogP contribution in [0.15, 0.2) is 6.20 Å². The number of nitrogens with zero attached hydrogens (tertiary/aromatic N) is 2. The third-order valence-electron chi connectivity index (χ3n) is 1.75. The van der Waals surface area contributed by atoms with Crippen molar-refractivity contribution in [1.29, 1.82) is 0 Å². The Bertz CT molecular complexity index is 434. The molecule has 0 amide bonds. The second-order valence-electron chi connectivity index (χ2n) is 2.74. The molecular formula is C10H15N3S. The highest BCUT2D eigenvalue weighted by atomic mass is 32.1. The molecule has 4 heteroatoms. The lowest BCUT2D eigenvalue weighted by Crippen LogP contribution is -1.88. The standard InChI is InChI=1S/C8H9N3S.C2H6/c1-4-3-10-7-6(9)5(2)12-8(7)11-4;1-2/h3H,9H2,1-2H3;1-2H3. The SMILES string of the molecule is CC.Cc1cnc2c(N)c(C)sc2n1. The van der Waals surface area contributed by atoms with Gasteiger partial charge >= 0.3 is 0 Å². The van der Waals surface area contributed by atoms with Crippen molar-refractivity contribution in [2.45, 2.75) is 27.7 Å². The molecule has 0 aromatic carbocycles. The van der Waals surface area contributed by atoms with Crippen molar-refractivity contribution >= 4 is 27.4 Å². The van der Waals surface area contributed by atoms with Crippen molar-refractivity contribution in [3.63, 3.8) is 0 Å². The van der Waals surface area contributed by atoms with Gasteiger partial charge in [-0.25, -0.2) is 9.97 Å². The van der Waals surface area contributed by atoms with E-state index in [9.17, 15) is 0 Å². The summed E-state index contributed by atoms with van der Waals surface area (Å²) in [6.45, 7) is 7.91. The molecule has 2 heterocycles. The predicted octanol–water partition coefficient (Wildman–Crippen LogP) is 2.92. The fourth-order valence-corrected chi connectivity index (χ4v) is 2.02. The van der Waals surface area contributed by atoms with Gasteiger partial charge in [-0.15, -0.1) is 11.3 Å². The molecule has 2 aromatic rings. The van der Waals surface area contributed by atoms with E-state index in [-0.39, 0.29) is 0 Å². The second-order valence-corrected chi connectivity index (χ2v) is 3.94. The van der Waals surface area contributed by atoms with E-state index in [1.54, 1.807) is 17.5 Å². The lowest BCUT2D eigenvalue weighted by Gasteiger charge is -1.91. The molecule has 0 saturated heterocycles. The number of hydrogen-bond acceptors (Lipinski definition) is 4. The first-order valence-electron chi connectivity index (χ1n) is 4.66. The second kappa shape index (κ2) is 4.37. The van der Waals surface area contributed by atoms with Crippen LogP contribution in [0.4, 0.5) is 5.69 Å². The predicted molar refractivity (Wildman–Crippen MR) is 62.6 cm³/mol. The van der Waals surface area contributed by atoms with E-state index in [0.717, 1.165) is 26.6 Å². The Kier molecular flexibility index (Phi) is 3.41. The summed E-state index contributed by atoms with van der Waals surface area (Å²) < 4.78 is 0. The minimum absolute atomic E-state index is 0.766. The number of anilines is 1. The number of aryl methyl sites for hydroxylation is 2. The third-order valence-corrected chi connectivity index (χ3v) is 2.75. The van der Waals surface area contributed by atoms with Gasteiger partial charge in [-0.2, -0.15) is 0 Å². The summed E-state index contributed by atoms with van der Waals surface area (Å²) in [4.78, 5) is 10.6. The zero-order chi connectivity index (χ0) is 10.7. The average molecular weight is 209 g/mol. The third kappa shape index (κ3) is 1.85. The van der Waals surface area contributed by atoms with Crippen LogP contribution in [0.3, 0.4) is 0 Å². The molecule has 0 aliphatic rings. The first kappa shape index (κ1) is 10.9. The number of aromatic nitrogens is 2. The maximum absolute atomic E-state index is 5.80. The van der Waals surface area contributed by atoms with Crippen LogP contribution in [0.1, 0.15) is 24.4 Å². The molecule has 2 aromatic heterocycles. The first-order valence-corrected chi connectivity index (χ1v) is 5.48. The highest BCUT2D eigenvalue weighted by Crippen LogP contribution is 2.29. The Morgan fingerprint density at radius 3 is 2.57 bits per heavy atom. The maximum Gasteiger partial charge on any atom is 0.144 e. The van der Waals surface area contributed by atoms with Crippen LogP contribution >= 0.6 is 11.3 Å². The molecule has 0 aliphatic carbocycles. The van der Waals surface area contributed by atoms with Gasteiger partial charge in [-0.1, -0.05) is 13.8 Å². The fraction of sp³-hybridized carbons (Fsp3) is 0.400. The largest absolute Gasteiger partial charge is 0.396 e. The minimum atomic E-state index is 0.766. The van der Waals surface area contributed by atoms with Gasteiger partial charge in [0.2, 0.25) is 0 Å². The summed E-state index contributed by atoms with van der Waals surface area (Å²) >= 11 is 1.59. The van der Waals surface area contributed by atoms with Crippen LogP contribution < -0.4 is 5.73 Å². The van der Waals surface area contributed by atoms with Crippen molar-refractivity contribution in [3.8, 4) is 0 Å². The van der Waals surface area contributed by atoms with Gasteiger partial charge in [0.25, 0.3) is 0 Å². The van der Waals surface area contributed by atoms with E-state index in [4.69, 9.17) is 5.73 Å². The van der Waals surface area contributed by atoms with Crippen LogP contribution in [0.5, 0.6) is 0 Å². The number of hydrogen-bond donors (Lipinski definition) is 1. The smallest absolute Gasteiger partial charge is 0.144 e. The maximum atomic E-state index is 5.80. The number of rotatable bonds is 0. The lowest BCUT2D eigenvalue weighted by atomic mass is 10.4. The molecule has 0 spiro atoms. The quantitative estimate of drug-likeness (QED) is 0.725. The summed E-state index contributed by atoms with van der Waals surface area (Å²) in [5, 5.41) is 0. The molecule has 0 aliphatic heterocycles. The summed E-state index contributed by atoms with van der Waals surface area (Å²) in [6.07, 6.45) is 1.74. The van der Waals surface area contributed by atoms with Gasteiger partial charge in [-0.3, -0.25) is 0 Å². The fourth-order valence-electron chi connectivity index (χ4n) is 1.08. The van der Waals surface area contributed by atoms with Gasteiger partial charge in [-0.05, 0) is 13.8 Å². The molecule has 0 unspecified atom stereocenters. The monoisotopic (exact) mass is 209 g/mol. The summed E-state index contributed by atoms with van der Waals surface area (Å²) in [6, 6.07) is 0. The van der Waals surface area contributed by atoms with Crippen molar-refractivity contribution in [1.82, 2.24) is 9.97 Å². The van der Waals surface area contributed by atoms with E-state index < -0.39 is 0 Å². The molecule has 0 bridgehead atoms. The minimum Gasteiger partial charge on any atom is -0.396 e. The Balaban J connectivity index is 0.000000461. The van der Waals surface area contributed by atoms with E-state index in [2.05, 4.69) is 9.97 Å². The van der Waals surface area contributed by atoms with Crippen LogP contribution in [0.25, 0.3) is 10.3 Å². The molecule has 0 saturated carbocycles. The molecule has 0 radical (unpaired) electrons. The molecule has 14 heavy (non-hydrogen) atoms. The average Bonchev–Trinajstić information content (AvgIpc) is 2.45. The Hall–Kier alpha value is -1.16. The lowest BCUT2D eigenvalue weighted by molar-refractivity contribution is 1.20. The van der Waals surface area contributed by atoms with Crippen LogP contribution in [0, 0.1) is 13.8 Å². The van der Waals surface area contributed by atoms with Crippen molar-refractivity contribution in [3.05, 3.63) is 16.8 Å². The molecule has 2 rings (SSSR count).